The molecule has 2 aromatic rings. The van der Waals surface area contributed by atoms with Gasteiger partial charge in [0.1, 0.15) is 36.3 Å². The van der Waals surface area contributed by atoms with E-state index in [0.717, 1.165) is 102 Å². The molecule has 25 nitrogen and oxygen atoms in total. The number of unbranched alkanes of at least 4 members (excludes halogenated alkanes) is 16. The molecule has 0 radical (unpaired) electrons. The van der Waals surface area contributed by atoms with Gasteiger partial charge in [-0.1, -0.05) is 165 Å². The van der Waals surface area contributed by atoms with Gasteiger partial charge >= 0.3 is 35.8 Å². The Balaban J connectivity index is 0. The zero-order chi connectivity index (χ0) is 79.4. The van der Waals surface area contributed by atoms with Crippen LogP contribution in [0.4, 0.5) is 0 Å². The van der Waals surface area contributed by atoms with Gasteiger partial charge in [-0.15, -0.1) is 11.8 Å². The molecule has 0 unspecified atom stereocenters. The molecule has 0 bridgehead atoms. The Morgan fingerprint density at radius 3 is 1.09 bits per heavy atom. The first-order valence-corrected chi connectivity index (χ1v) is 36.4. The Hall–Kier alpha value is -9.51. The van der Waals surface area contributed by atoms with Crippen molar-refractivity contribution in [2.75, 3.05) is 20.3 Å². The van der Waals surface area contributed by atoms with Crippen molar-refractivity contribution in [3.05, 3.63) is 84.0 Å². The Morgan fingerprint density at radius 1 is 0.467 bits per heavy atom. The summed E-state index contributed by atoms with van der Waals surface area (Å²) in [5.74, 6) is -3.65. The van der Waals surface area contributed by atoms with E-state index < -0.39 is 120 Å². The molecule has 2 amide bonds. The van der Waals surface area contributed by atoms with E-state index in [1.807, 2.05) is 13.8 Å². The van der Waals surface area contributed by atoms with E-state index in [-0.39, 0.29) is 50.5 Å². The third-order valence-corrected chi connectivity index (χ3v) is 16.6. The molecule has 9 N–H and O–H groups in total. The molecule has 0 aliphatic rings. The molecule has 2 aromatic carbocycles. The summed E-state index contributed by atoms with van der Waals surface area (Å²) in [7, 11) is 1.17. The second-order valence-corrected chi connectivity index (χ2v) is 24.9. The average Bonchev–Trinajstić information content (AvgIpc) is 0.808. The molecule has 0 aromatic heterocycles. The number of hydrogen-bond donors (Lipinski definition) is 9. The summed E-state index contributed by atoms with van der Waals surface area (Å²) in [6.45, 7) is 15.5. The van der Waals surface area contributed by atoms with Crippen LogP contribution in [0.25, 0.3) is 0 Å². The molecule has 582 valence electrons. The number of amides is 2. The maximum atomic E-state index is 13.7. The molecule has 0 saturated carbocycles. The van der Waals surface area contributed by atoms with Crippen LogP contribution in [-0.4, -0.2) is 150 Å². The van der Waals surface area contributed by atoms with Crippen molar-refractivity contribution >= 4 is 70.8 Å². The van der Waals surface area contributed by atoms with Crippen LogP contribution in [0, 0.1) is 47.4 Å². The van der Waals surface area contributed by atoms with Crippen molar-refractivity contribution in [2.45, 2.75) is 270 Å². The molecule has 25 heteroatoms. The van der Waals surface area contributed by atoms with Crippen LogP contribution < -0.4 is 20.1 Å². The number of Topliss-reactive ketones (excluding diaryl/α,β-unsaturated/α-hetero) is 4. The quantitative estimate of drug-likeness (QED) is 0.0129. The fourth-order valence-corrected chi connectivity index (χ4v) is 10.7. The van der Waals surface area contributed by atoms with E-state index in [2.05, 4.69) is 59.5 Å². The number of hydrogen-bond acceptors (Lipinski definition) is 18. The second kappa shape index (κ2) is 59.8. The minimum absolute atomic E-state index is 0.0526. The lowest BCUT2D eigenvalue weighted by Crippen LogP contribution is -2.55. The van der Waals surface area contributed by atoms with Gasteiger partial charge < -0.3 is 60.6 Å². The minimum atomic E-state index is -3.04. The number of allylic oxidation sites excluding steroid dienone is 2. The normalized spacial score (nSPS) is 12.9. The largest absolute Gasteiger partial charge is 0.481 e. The molecular formula is C80H115N3O22. The number of carbonyl (C=O) groups excluding carboxylic acids is 7. The van der Waals surface area contributed by atoms with E-state index in [1.54, 1.807) is 62.4 Å². The number of carboxylic acid groups (broad SMARTS) is 5. The first-order chi connectivity index (χ1) is 50.2. The number of ether oxygens (including phenoxy) is 3. The zero-order valence-electron chi connectivity index (χ0n) is 62.6. The number of aliphatic hydroxyl groups is 2. The number of aliphatic carboxylic acids is 5. The molecule has 0 aliphatic heterocycles. The van der Waals surface area contributed by atoms with Gasteiger partial charge in [-0.2, -0.15) is 0 Å². The standard InChI is InChI=1S/C39H55NO11.C38H53NO11.C2H6.CHN/c1-4-6-8-11-14-17-30(41)18-15-12-9-10-13-16-19-32(39(49,38(47)48)28-35(43)44)37(46)40-33(34(42)24-25-36(45)50-3)27-29-20-22-31(23-21-29)51-26-7-5-2;1-3-5-7-10-13-16-29(40)17-14-11-8-9-12-15-18-31(38(49,37(47)48)27-35(44)45)36(46)39-32(33(41)23-24-34(42)43)26-28-19-21-30(22-20-28)50-25-6-4-2;2*1-2/h16,19-23,32-33,49H,4,6,8-15,17-18,24-28H2,1-3H3,(H,40,46)(H,43,44)(H,47,48);15,18-22,31-32,49H,3,5,7-14,16-17,23-27H2,1-2H3,(H,39,46)(H,42,43)(H,44,45)(H,47,48);1-2H3;1H/b19-16+;18-15+;;/t32-,33+,39+;31-,32+,38+;;/m11../s1. The molecule has 105 heavy (non-hydrogen) atoms. The molecule has 0 saturated heterocycles. The van der Waals surface area contributed by atoms with Crippen molar-refractivity contribution in [2.24, 2.45) is 11.8 Å². The Labute approximate surface area is 619 Å². The van der Waals surface area contributed by atoms with Crippen LogP contribution in [-0.2, 0) is 75.1 Å². The van der Waals surface area contributed by atoms with Crippen molar-refractivity contribution in [3.63, 3.8) is 0 Å². The number of esters is 1. The summed E-state index contributed by atoms with van der Waals surface area (Å²) in [4.78, 5) is 148. The lowest BCUT2D eigenvalue weighted by Gasteiger charge is -2.30. The lowest BCUT2D eigenvalue weighted by atomic mass is 9.82. The van der Waals surface area contributed by atoms with Gasteiger partial charge in [0.25, 0.3) is 0 Å². The first-order valence-electron chi connectivity index (χ1n) is 36.4. The molecule has 0 heterocycles. The predicted octanol–water partition coefficient (Wildman–Crippen LogP) is 11.8. The third-order valence-electron chi connectivity index (χ3n) is 16.6. The van der Waals surface area contributed by atoms with Crippen LogP contribution in [0.2, 0.25) is 0 Å². The molecule has 0 fully saturated rings. The first kappa shape index (κ1) is 97.5. The summed E-state index contributed by atoms with van der Waals surface area (Å²) >= 11 is 0. The molecule has 0 aliphatic carbocycles. The maximum Gasteiger partial charge on any atom is 0.337 e. The van der Waals surface area contributed by atoms with E-state index in [9.17, 15) is 88.2 Å². The number of nitrogens with one attached hydrogen (secondary N) is 2. The number of nitrogens with zero attached hydrogens (tertiary/aromatic N) is 1. The van der Waals surface area contributed by atoms with E-state index >= 15 is 0 Å². The summed E-state index contributed by atoms with van der Waals surface area (Å²) < 4.78 is 15.6. The monoisotopic (exact) mass is 1470 g/mol. The highest BCUT2D eigenvalue weighted by Gasteiger charge is 2.50. The van der Waals surface area contributed by atoms with Crippen LogP contribution in [0.5, 0.6) is 11.5 Å². The molecule has 0 spiro atoms. The predicted molar refractivity (Wildman–Crippen MR) is 395 cm³/mol. The highest BCUT2D eigenvalue weighted by molar-refractivity contribution is 5.98. The highest BCUT2D eigenvalue weighted by Crippen LogP contribution is 2.29. The van der Waals surface area contributed by atoms with Gasteiger partial charge in [-0.05, 0) is 113 Å². The number of rotatable bonds is 56. The van der Waals surface area contributed by atoms with E-state index in [4.69, 9.17) is 19.8 Å². The Kier molecular flexibility index (Phi) is 55.6. The van der Waals surface area contributed by atoms with Crippen molar-refractivity contribution in [1.82, 2.24) is 10.6 Å². The fraction of sp³-hybridized carbons (Fsp3) is 0.588. The molecule has 6 atom stereocenters. The van der Waals surface area contributed by atoms with Gasteiger partial charge in [-0.3, -0.25) is 47.9 Å². The van der Waals surface area contributed by atoms with Gasteiger partial charge in [0.15, 0.2) is 22.8 Å². The number of carbonyl (C=O) groups is 12. The number of benzene rings is 2. The number of carboxylic acids is 5. The van der Waals surface area contributed by atoms with Gasteiger partial charge in [-0.25, -0.2) is 14.9 Å². The molecular weight excluding hydrogens is 1350 g/mol. The van der Waals surface area contributed by atoms with Crippen LogP contribution in [0.1, 0.15) is 245 Å². The number of nitriles is 1. The SMILES string of the molecule is C#N.CC.CC#CCOc1ccc(C[C@H](NC(=O)[C@@H](/C=C/CCCCCCC(=O)CCCCCCC)[C@@](O)(CC(=O)O)C(=O)O)C(=O)CCC(=O)O)cc1.CC#CCOc1ccc(C[C@H](NC(=O)[C@@H](/C=C/CCCCCCC(=O)CCCCCCC)[C@@](O)(CC(=O)O)C(=O)O)C(=O)CCC(=O)OC)cc1. The Morgan fingerprint density at radius 2 is 0.790 bits per heavy atom. The second-order valence-electron chi connectivity index (χ2n) is 24.9. The molecule has 2 rings (SSSR count). The zero-order valence-corrected chi connectivity index (χ0v) is 62.6. The summed E-state index contributed by atoms with van der Waals surface area (Å²) in [5, 5.41) is 81.3. The topological polar surface area (TPSA) is 422 Å². The summed E-state index contributed by atoms with van der Waals surface area (Å²) in [6, 6.07) is 10.6. The van der Waals surface area contributed by atoms with Crippen LogP contribution in [0.15, 0.2) is 72.8 Å². The van der Waals surface area contributed by atoms with Gasteiger partial charge in [0.2, 0.25) is 11.8 Å². The fourth-order valence-electron chi connectivity index (χ4n) is 10.7. The highest BCUT2D eigenvalue weighted by atomic mass is 16.5. The van der Waals surface area contributed by atoms with E-state index in [0.29, 0.717) is 74.0 Å². The minimum Gasteiger partial charge on any atom is -0.481 e. The van der Waals surface area contributed by atoms with Gasteiger partial charge in [0, 0.05) is 45.1 Å². The van der Waals surface area contributed by atoms with Crippen molar-refractivity contribution < 1.29 is 107 Å². The average molecular weight is 1470 g/mol. The lowest BCUT2D eigenvalue weighted by molar-refractivity contribution is -0.172. The maximum absolute atomic E-state index is 13.7. The van der Waals surface area contributed by atoms with Crippen molar-refractivity contribution in [1.29, 1.82) is 5.26 Å². The third kappa shape index (κ3) is 44.7. The van der Waals surface area contributed by atoms with Crippen LogP contribution in [0.3, 0.4) is 0 Å². The van der Waals surface area contributed by atoms with Crippen LogP contribution >= 0.6 is 0 Å². The number of methoxy groups -OCH3 is 1. The van der Waals surface area contributed by atoms with Crippen molar-refractivity contribution in [3.8, 4) is 41.8 Å². The Bertz CT molecular complexity index is 3170. The number of ketones is 4. The smallest absolute Gasteiger partial charge is 0.337 e. The summed E-state index contributed by atoms with van der Waals surface area (Å²) in [5.41, 5.74) is -4.91. The summed E-state index contributed by atoms with van der Waals surface area (Å²) in [6.07, 6.45) is 21.0. The van der Waals surface area contributed by atoms with Gasteiger partial charge in [0.05, 0.1) is 56.7 Å². The van der Waals surface area contributed by atoms with E-state index in [1.165, 1.54) is 32.1 Å².